The minimum Gasteiger partial charge on any atom is -0.256 e. The summed E-state index contributed by atoms with van der Waals surface area (Å²) in [5.74, 6) is 0. The van der Waals surface area contributed by atoms with E-state index >= 15 is 0 Å². The lowest BCUT2D eigenvalue weighted by Crippen LogP contribution is -1.92. The summed E-state index contributed by atoms with van der Waals surface area (Å²) in [5, 5.41) is 1.92. The van der Waals surface area contributed by atoms with Gasteiger partial charge >= 0.3 is 0 Å². The quantitative estimate of drug-likeness (QED) is 0.432. The SMILES string of the molecule is [C]1=CSNC1. The first-order valence-electron chi connectivity index (χ1n) is 1.44. The van der Waals surface area contributed by atoms with Crippen molar-refractivity contribution >= 4 is 11.9 Å². The molecule has 0 amide bonds. The Morgan fingerprint density at radius 2 is 3.00 bits per heavy atom. The monoisotopic (exact) mass is 86.0 g/mol. The van der Waals surface area contributed by atoms with Crippen LogP contribution in [0.3, 0.4) is 0 Å². The third kappa shape index (κ3) is 0.667. The zero-order valence-corrected chi connectivity index (χ0v) is 3.51. The topological polar surface area (TPSA) is 12.0 Å². The van der Waals surface area contributed by atoms with Gasteiger partial charge in [-0.25, -0.2) is 0 Å². The molecular weight excluding hydrogens is 82.1 g/mol. The molecule has 0 spiro atoms. The summed E-state index contributed by atoms with van der Waals surface area (Å²) in [5.41, 5.74) is 0. The van der Waals surface area contributed by atoms with Gasteiger partial charge < -0.3 is 0 Å². The van der Waals surface area contributed by atoms with E-state index < -0.39 is 0 Å². The van der Waals surface area contributed by atoms with Gasteiger partial charge in [0.2, 0.25) is 0 Å². The highest BCUT2D eigenvalue weighted by Crippen LogP contribution is 1.98. The summed E-state index contributed by atoms with van der Waals surface area (Å²) in [6.07, 6.45) is 2.95. The molecule has 0 aromatic carbocycles. The molecule has 0 unspecified atom stereocenters. The lowest BCUT2D eigenvalue weighted by Gasteiger charge is -1.75. The lowest BCUT2D eigenvalue weighted by atomic mass is 10.7. The van der Waals surface area contributed by atoms with E-state index in [4.69, 9.17) is 0 Å². The Morgan fingerprint density at radius 3 is 3.20 bits per heavy atom. The molecule has 1 aliphatic heterocycles. The van der Waals surface area contributed by atoms with Gasteiger partial charge in [-0.1, -0.05) is 11.9 Å². The van der Waals surface area contributed by atoms with Crippen LogP contribution < -0.4 is 4.72 Å². The fourth-order valence-corrected chi connectivity index (χ4v) is 0.625. The van der Waals surface area contributed by atoms with Gasteiger partial charge in [0.15, 0.2) is 0 Å². The Morgan fingerprint density at radius 1 is 2.00 bits per heavy atom. The van der Waals surface area contributed by atoms with Gasteiger partial charge in [-0.05, 0) is 11.5 Å². The van der Waals surface area contributed by atoms with Crippen molar-refractivity contribution in [1.29, 1.82) is 0 Å². The first kappa shape index (κ1) is 3.25. The van der Waals surface area contributed by atoms with Crippen molar-refractivity contribution in [2.24, 2.45) is 0 Å². The van der Waals surface area contributed by atoms with Gasteiger partial charge in [-0.2, -0.15) is 0 Å². The van der Waals surface area contributed by atoms with Crippen LogP contribution in [0.4, 0.5) is 0 Å². The van der Waals surface area contributed by atoms with Crippen LogP contribution >= 0.6 is 11.9 Å². The highest BCUT2D eigenvalue weighted by atomic mass is 32.2. The molecule has 0 aromatic rings. The molecule has 1 heterocycles. The molecule has 0 atom stereocenters. The maximum absolute atomic E-state index is 2.97. The van der Waals surface area contributed by atoms with Crippen molar-refractivity contribution in [3.63, 3.8) is 0 Å². The van der Waals surface area contributed by atoms with Gasteiger partial charge in [-0.3, -0.25) is 4.72 Å². The molecule has 0 saturated carbocycles. The van der Waals surface area contributed by atoms with Crippen molar-refractivity contribution in [3.05, 3.63) is 11.5 Å². The molecule has 0 saturated heterocycles. The second-order valence-electron chi connectivity index (χ2n) is 0.761. The molecule has 1 rings (SSSR count). The van der Waals surface area contributed by atoms with E-state index in [1.807, 2.05) is 5.41 Å². The van der Waals surface area contributed by atoms with Crippen LogP contribution in [0.5, 0.6) is 0 Å². The minimum absolute atomic E-state index is 0.907. The van der Waals surface area contributed by atoms with E-state index in [2.05, 4.69) is 10.8 Å². The largest absolute Gasteiger partial charge is 0.256 e. The second-order valence-corrected chi connectivity index (χ2v) is 1.52. The van der Waals surface area contributed by atoms with Crippen LogP contribution in [0, 0.1) is 6.08 Å². The Balaban J connectivity index is 2.32. The van der Waals surface area contributed by atoms with E-state index in [1.165, 1.54) is 0 Å². The van der Waals surface area contributed by atoms with Gasteiger partial charge in [0, 0.05) is 6.54 Å². The van der Waals surface area contributed by atoms with Crippen molar-refractivity contribution in [3.8, 4) is 0 Å². The van der Waals surface area contributed by atoms with Crippen LogP contribution in [-0.2, 0) is 0 Å². The number of rotatable bonds is 0. The molecule has 1 N–H and O–H groups in total. The van der Waals surface area contributed by atoms with Crippen LogP contribution in [0.1, 0.15) is 0 Å². The van der Waals surface area contributed by atoms with Crippen molar-refractivity contribution in [1.82, 2.24) is 4.72 Å². The van der Waals surface area contributed by atoms with E-state index in [-0.39, 0.29) is 0 Å². The summed E-state index contributed by atoms with van der Waals surface area (Å²) in [6, 6.07) is 0. The Labute approximate surface area is 35.6 Å². The molecule has 0 aromatic heterocycles. The molecule has 0 fully saturated rings. The van der Waals surface area contributed by atoms with Crippen LogP contribution in [-0.4, -0.2) is 6.54 Å². The van der Waals surface area contributed by atoms with Crippen LogP contribution in [0.2, 0.25) is 0 Å². The molecule has 1 radical (unpaired) electrons. The normalized spacial score (nSPS) is 20.8. The highest BCUT2D eigenvalue weighted by Gasteiger charge is 1.83. The standard InChI is InChI=1S/C3H4NS/c1-2-4-5-3-1/h3-4H,2H2. The minimum atomic E-state index is 0.907. The van der Waals surface area contributed by atoms with Crippen LogP contribution in [0.15, 0.2) is 5.41 Å². The summed E-state index contributed by atoms with van der Waals surface area (Å²) in [6.45, 7) is 0.907. The van der Waals surface area contributed by atoms with Gasteiger partial charge in [0.05, 0.1) is 0 Å². The highest BCUT2D eigenvalue weighted by molar-refractivity contribution is 8.00. The van der Waals surface area contributed by atoms with Crippen LogP contribution in [0.25, 0.3) is 0 Å². The van der Waals surface area contributed by atoms with E-state index in [9.17, 15) is 0 Å². The molecule has 5 heavy (non-hydrogen) atoms. The summed E-state index contributed by atoms with van der Waals surface area (Å²) in [7, 11) is 0. The zero-order chi connectivity index (χ0) is 3.54. The Kier molecular flexibility index (Phi) is 0.960. The third-order valence-corrected chi connectivity index (χ3v) is 0.995. The first-order valence-corrected chi connectivity index (χ1v) is 2.32. The summed E-state index contributed by atoms with van der Waals surface area (Å²) in [4.78, 5) is 0. The molecular formula is C3H4NS. The van der Waals surface area contributed by atoms with Gasteiger partial charge in [-0.15, -0.1) is 0 Å². The zero-order valence-electron chi connectivity index (χ0n) is 2.69. The third-order valence-electron chi connectivity index (χ3n) is 0.400. The van der Waals surface area contributed by atoms with Crippen molar-refractivity contribution in [2.45, 2.75) is 0 Å². The Hall–Kier alpha value is 0.0500. The average molecular weight is 86.1 g/mol. The van der Waals surface area contributed by atoms with Gasteiger partial charge in [0.1, 0.15) is 0 Å². The molecule has 0 bridgehead atoms. The first-order chi connectivity index (χ1) is 2.50. The number of hydrogen-bond donors (Lipinski definition) is 1. The predicted molar refractivity (Wildman–Crippen MR) is 23.4 cm³/mol. The molecule has 0 aliphatic carbocycles. The van der Waals surface area contributed by atoms with Crippen molar-refractivity contribution < 1.29 is 0 Å². The number of hydrogen-bond acceptors (Lipinski definition) is 2. The van der Waals surface area contributed by atoms with Crippen molar-refractivity contribution in [2.75, 3.05) is 6.54 Å². The molecule has 2 heteroatoms. The maximum Gasteiger partial charge on any atom is 0.0322 e. The maximum atomic E-state index is 2.97. The second kappa shape index (κ2) is 1.48. The summed E-state index contributed by atoms with van der Waals surface area (Å²) >= 11 is 1.59. The lowest BCUT2D eigenvalue weighted by molar-refractivity contribution is 1.13. The molecule has 1 nitrogen and oxygen atoms in total. The van der Waals surface area contributed by atoms with E-state index in [0.717, 1.165) is 6.54 Å². The fourth-order valence-electron chi connectivity index (χ4n) is 0.208. The predicted octanol–water partition coefficient (Wildman–Crippen LogP) is 0.555. The smallest absolute Gasteiger partial charge is 0.0322 e. The van der Waals surface area contributed by atoms with E-state index in [0.29, 0.717) is 0 Å². The van der Waals surface area contributed by atoms with E-state index in [1.54, 1.807) is 11.9 Å². The number of nitrogens with one attached hydrogen (secondary N) is 1. The molecule has 27 valence electrons. The molecule has 1 aliphatic rings. The fraction of sp³-hybridized carbons (Fsp3) is 0.333. The average Bonchev–Trinajstić information content (AvgIpc) is 1.76. The Bertz CT molecular complexity index is 44.9. The van der Waals surface area contributed by atoms with Gasteiger partial charge in [0.25, 0.3) is 0 Å². The summed E-state index contributed by atoms with van der Waals surface area (Å²) < 4.78 is 2.97.